The van der Waals surface area contributed by atoms with Crippen molar-refractivity contribution in [3.63, 3.8) is 0 Å². The molecule has 118 valence electrons. The zero-order chi connectivity index (χ0) is 15.6. The quantitative estimate of drug-likeness (QED) is 0.893. The molecular weight excluding hydrogens is 326 g/mol. The Bertz CT molecular complexity index is 479. The summed E-state index contributed by atoms with van der Waals surface area (Å²) < 4.78 is 1.15. The Hall–Kier alpha value is -0.580. The summed E-state index contributed by atoms with van der Waals surface area (Å²) in [4.78, 5) is 4.86. The number of anilines is 1. The predicted molar refractivity (Wildman–Crippen MR) is 95.0 cm³/mol. The first-order valence-corrected chi connectivity index (χ1v) is 8.50. The van der Waals surface area contributed by atoms with Crippen LogP contribution in [0.3, 0.4) is 0 Å². The van der Waals surface area contributed by atoms with Crippen LogP contribution >= 0.6 is 15.9 Å². The van der Waals surface area contributed by atoms with Gasteiger partial charge in [-0.2, -0.15) is 0 Å². The van der Waals surface area contributed by atoms with Crippen molar-refractivity contribution in [3.8, 4) is 0 Å². The van der Waals surface area contributed by atoms with E-state index in [2.05, 4.69) is 84.1 Å². The monoisotopic (exact) mass is 353 g/mol. The molecular formula is C17H28BrN3. The molecule has 0 aliphatic carbocycles. The van der Waals surface area contributed by atoms with Gasteiger partial charge in [0, 0.05) is 41.4 Å². The maximum absolute atomic E-state index is 3.61. The zero-order valence-electron chi connectivity index (χ0n) is 13.9. The van der Waals surface area contributed by atoms with E-state index in [4.69, 9.17) is 0 Å². The van der Waals surface area contributed by atoms with E-state index in [0.717, 1.165) is 24.1 Å². The Morgan fingerprint density at radius 3 is 2.62 bits per heavy atom. The maximum atomic E-state index is 3.61. The molecule has 0 saturated carbocycles. The van der Waals surface area contributed by atoms with Crippen LogP contribution in [0.25, 0.3) is 0 Å². The lowest BCUT2D eigenvalue weighted by atomic mass is 10.1. The number of rotatable bonds is 4. The first-order valence-electron chi connectivity index (χ1n) is 7.71. The third-order valence-corrected chi connectivity index (χ3v) is 4.58. The normalized spacial score (nSPS) is 19.6. The van der Waals surface area contributed by atoms with Gasteiger partial charge in [-0.1, -0.05) is 15.9 Å². The maximum Gasteiger partial charge on any atom is 0.0413 e. The molecule has 1 saturated heterocycles. The molecule has 0 aromatic heterocycles. The van der Waals surface area contributed by atoms with Crippen LogP contribution in [0.5, 0.6) is 0 Å². The first kappa shape index (κ1) is 16.8. The third kappa shape index (κ3) is 4.70. The Kier molecular flexibility index (Phi) is 5.33. The summed E-state index contributed by atoms with van der Waals surface area (Å²) in [6.45, 7) is 9.80. The molecule has 3 nitrogen and oxygen atoms in total. The number of nitrogens with one attached hydrogen (secondary N) is 1. The Morgan fingerprint density at radius 1 is 1.33 bits per heavy atom. The van der Waals surface area contributed by atoms with Crippen LogP contribution in [-0.4, -0.2) is 43.7 Å². The Balaban J connectivity index is 2.15. The SMILES string of the molecule is CN(C)C1CCN(c2ccc(Br)cc2CNC(C)(C)C)C1. The van der Waals surface area contributed by atoms with Crippen LogP contribution in [0.2, 0.25) is 0 Å². The van der Waals surface area contributed by atoms with Gasteiger partial charge >= 0.3 is 0 Å². The van der Waals surface area contributed by atoms with Gasteiger partial charge in [0.05, 0.1) is 0 Å². The van der Waals surface area contributed by atoms with Crippen LogP contribution in [-0.2, 0) is 6.54 Å². The van der Waals surface area contributed by atoms with Crippen LogP contribution in [0.15, 0.2) is 22.7 Å². The summed E-state index contributed by atoms with van der Waals surface area (Å²) in [5, 5.41) is 3.61. The minimum Gasteiger partial charge on any atom is -0.370 e. The summed E-state index contributed by atoms with van der Waals surface area (Å²) in [6, 6.07) is 7.31. The molecule has 0 amide bonds. The van der Waals surface area contributed by atoms with Gasteiger partial charge < -0.3 is 15.1 Å². The van der Waals surface area contributed by atoms with Gasteiger partial charge in [-0.05, 0) is 65.0 Å². The van der Waals surface area contributed by atoms with E-state index in [1.54, 1.807) is 0 Å². The van der Waals surface area contributed by atoms with Crippen molar-refractivity contribution in [2.75, 3.05) is 32.1 Å². The van der Waals surface area contributed by atoms with Gasteiger partial charge in [0.2, 0.25) is 0 Å². The Morgan fingerprint density at radius 2 is 2.05 bits per heavy atom. The van der Waals surface area contributed by atoms with Crippen molar-refractivity contribution in [2.24, 2.45) is 0 Å². The van der Waals surface area contributed by atoms with Crippen LogP contribution in [0.4, 0.5) is 5.69 Å². The molecule has 4 heteroatoms. The van der Waals surface area contributed by atoms with E-state index in [1.807, 2.05) is 0 Å². The molecule has 1 atom stereocenters. The van der Waals surface area contributed by atoms with E-state index < -0.39 is 0 Å². The minimum atomic E-state index is 0.136. The van der Waals surface area contributed by atoms with Gasteiger partial charge in [0.15, 0.2) is 0 Å². The molecule has 1 N–H and O–H groups in total. The van der Waals surface area contributed by atoms with E-state index >= 15 is 0 Å². The summed E-state index contributed by atoms with van der Waals surface area (Å²) in [5.74, 6) is 0. The van der Waals surface area contributed by atoms with Gasteiger partial charge in [0.1, 0.15) is 0 Å². The van der Waals surface area contributed by atoms with E-state index in [0.29, 0.717) is 6.04 Å². The molecule has 0 spiro atoms. The summed E-state index contributed by atoms with van der Waals surface area (Å²) >= 11 is 3.61. The number of halogens is 1. The molecule has 1 aromatic rings. The topological polar surface area (TPSA) is 18.5 Å². The molecule has 1 fully saturated rings. The zero-order valence-corrected chi connectivity index (χ0v) is 15.5. The second-order valence-corrected chi connectivity index (χ2v) is 8.14. The number of benzene rings is 1. The standard InChI is InChI=1S/C17H28BrN3/c1-17(2,3)19-11-13-10-14(18)6-7-16(13)21-9-8-15(12-21)20(4)5/h6-7,10,15,19H,8-9,11-12H2,1-5H3. The predicted octanol–water partition coefficient (Wildman–Crippen LogP) is 3.48. The summed E-state index contributed by atoms with van der Waals surface area (Å²) in [5.41, 5.74) is 2.88. The van der Waals surface area contributed by atoms with Crippen LogP contribution in [0, 0.1) is 0 Å². The van der Waals surface area contributed by atoms with Crippen molar-refractivity contribution < 1.29 is 0 Å². The van der Waals surface area contributed by atoms with Crippen molar-refractivity contribution in [3.05, 3.63) is 28.2 Å². The van der Waals surface area contributed by atoms with Gasteiger partial charge in [-0.3, -0.25) is 0 Å². The average Bonchev–Trinajstić information content (AvgIpc) is 2.85. The number of hydrogen-bond acceptors (Lipinski definition) is 3. The fourth-order valence-electron chi connectivity index (χ4n) is 2.75. The van der Waals surface area contributed by atoms with Crippen molar-refractivity contribution >= 4 is 21.6 Å². The highest BCUT2D eigenvalue weighted by Crippen LogP contribution is 2.29. The molecule has 1 heterocycles. The second-order valence-electron chi connectivity index (χ2n) is 7.23. The molecule has 2 rings (SSSR count). The molecule has 1 unspecified atom stereocenters. The smallest absolute Gasteiger partial charge is 0.0413 e. The summed E-state index contributed by atoms with van der Waals surface area (Å²) in [7, 11) is 4.36. The molecule has 21 heavy (non-hydrogen) atoms. The lowest BCUT2D eigenvalue weighted by molar-refractivity contribution is 0.315. The molecule has 0 radical (unpaired) electrons. The highest BCUT2D eigenvalue weighted by Gasteiger charge is 2.25. The third-order valence-electron chi connectivity index (χ3n) is 4.09. The van der Waals surface area contributed by atoms with Crippen LogP contribution < -0.4 is 10.2 Å². The van der Waals surface area contributed by atoms with Crippen molar-refractivity contribution in [1.29, 1.82) is 0 Å². The lowest BCUT2D eigenvalue weighted by Gasteiger charge is -2.26. The average molecular weight is 354 g/mol. The molecule has 1 aromatic carbocycles. The number of nitrogens with zero attached hydrogens (tertiary/aromatic N) is 2. The minimum absolute atomic E-state index is 0.136. The van der Waals surface area contributed by atoms with E-state index in [9.17, 15) is 0 Å². The first-order chi connectivity index (χ1) is 9.76. The van der Waals surface area contributed by atoms with Gasteiger partial charge in [-0.25, -0.2) is 0 Å². The van der Waals surface area contributed by atoms with Gasteiger partial charge in [0.25, 0.3) is 0 Å². The fraction of sp³-hybridized carbons (Fsp3) is 0.647. The number of hydrogen-bond donors (Lipinski definition) is 1. The summed E-state index contributed by atoms with van der Waals surface area (Å²) in [6.07, 6.45) is 1.25. The largest absolute Gasteiger partial charge is 0.370 e. The van der Waals surface area contributed by atoms with Crippen molar-refractivity contribution in [2.45, 2.75) is 45.3 Å². The van der Waals surface area contributed by atoms with Crippen molar-refractivity contribution in [1.82, 2.24) is 10.2 Å². The van der Waals surface area contributed by atoms with E-state index in [-0.39, 0.29) is 5.54 Å². The highest BCUT2D eigenvalue weighted by molar-refractivity contribution is 9.10. The number of likely N-dealkylation sites (N-methyl/N-ethyl adjacent to an activating group) is 1. The molecule has 0 bridgehead atoms. The fourth-order valence-corrected chi connectivity index (χ4v) is 3.16. The second kappa shape index (κ2) is 6.67. The van der Waals surface area contributed by atoms with E-state index in [1.165, 1.54) is 17.7 Å². The lowest BCUT2D eigenvalue weighted by Crippen LogP contribution is -2.36. The van der Waals surface area contributed by atoms with Crippen LogP contribution in [0.1, 0.15) is 32.8 Å². The molecule has 1 aliphatic rings. The van der Waals surface area contributed by atoms with Gasteiger partial charge in [-0.15, -0.1) is 0 Å². The molecule has 1 aliphatic heterocycles. The Labute approximate surface area is 137 Å². The highest BCUT2D eigenvalue weighted by atomic mass is 79.9.